The molecule has 0 saturated carbocycles. The van der Waals surface area contributed by atoms with Gasteiger partial charge >= 0.3 is 17.8 Å². The first-order valence-corrected chi connectivity index (χ1v) is 8.79. The van der Waals surface area contributed by atoms with E-state index in [1.165, 1.54) is 0 Å². The topological polar surface area (TPSA) is 86.8 Å². The SMILES string of the molecule is CC(C)CN1C(=O)C(=O)N(CC(=O)N[C@@H](C)c2ccc(Cl)c(Cl)c2)C1=O. The minimum absolute atomic E-state index is 0.0131. The summed E-state index contributed by atoms with van der Waals surface area (Å²) >= 11 is 11.8. The average Bonchev–Trinajstić information content (AvgIpc) is 2.75. The summed E-state index contributed by atoms with van der Waals surface area (Å²) in [5.74, 6) is -2.45. The van der Waals surface area contributed by atoms with Crippen LogP contribution in [0.15, 0.2) is 18.2 Å². The zero-order valence-corrected chi connectivity index (χ0v) is 16.1. The first-order valence-electron chi connectivity index (χ1n) is 8.03. The number of carbonyl (C=O) groups is 4. The number of imide groups is 2. The van der Waals surface area contributed by atoms with Crippen LogP contribution in [0.5, 0.6) is 0 Å². The maximum atomic E-state index is 12.2. The molecule has 0 aromatic heterocycles. The van der Waals surface area contributed by atoms with Crippen LogP contribution in [0.2, 0.25) is 10.0 Å². The van der Waals surface area contributed by atoms with Crippen molar-refractivity contribution in [1.29, 1.82) is 0 Å². The van der Waals surface area contributed by atoms with Crippen LogP contribution in [0, 0.1) is 5.92 Å². The zero-order chi connectivity index (χ0) is 19.6. The molecule has 0 spiro atoms. The normalized spacial score (nSPS) is 15.8. The van der Waals surface area contributed by atoms with E-state index < -0.39 is 36.3 Å². The van der Waals surface area contributed by atoms with E-state index in [0.29, 0.717) is 20.5 Å². The van der Waals surface area contributed by atoms with E-state index >= 15 is 0 Å². The van der Waals surface area contributed by atoms with Gasteiger partial charge in [-0.05, 0) is 30.5 Å². The minimum atomic E-state index is -0.993. The number of rotatable bonds is 6. The molecule has 26 heavy (non-hydrogen) atoms. The van der Waals surface area contributed by atoms with E-state index in [4.69, 9.17) is 23.2 Å². The lowest BCUT2D eigenvalue weighted by molar-refractivity contribution is -0.144. The highest BCUT2D eigenvalue weighted by Crippen LogP contribution is 2.25. The van der Waals surface area contributed by atoms with Gasteiger partial charge in [-0.3, -0.25) is 19.3 Å². The lowest BCUT2D eigenvalue weighted by Crippen LogP contribution is -2.42. The molecule has 7 nitrogen and oxygen atoms in total. The Balaban J connectivity index is 2.02. The van der Waals surface area contributed by atoms with Crippen LogP contribution in [0.25, 0.3) is 0 Å². The van der Waals surface area contributed by atoms with Gasteiger partial charge in [0.15, 0.2) is 0 Å². The minimum Gasteiger partial charge on any atom is -0.348 e. The summed E-state index contributed by atoms with van der Waals surface area (Å²) in [6, 6.07) is 3.74. The predicted octanol–water partition coefficient (Wildman–Crippen LogP) is 2.62. The number of amides is 5. The second-order valence-corrected chi connectivity index (χ2v) is 7.26. The smallest absolute Gasteiger partial charge is 0.334 e. The monoisotopic (exact) mass is 399 g/mol. The van der Waals surface area contributed by atoms with Crippen molar-refractivity contribution in [2.24, 2.45) is 5.92 Å². The molecule has 0 radical (unpaired) electrons. The van der Waals surface area contributed by atoms with Crippen LogP contribution in [0.4, 0.5) is 4.79 Å². The van der Waals surface area contributed by atoms with Crippen LogP contribution in [0.1, 0.15) is 32.4 Å². The quantitative estimate of drug-likeness (QED) is 0.588. The van der Waals surface area contributed by atoms with Crippen molar-refractivity contribution in [1.82, 2.24) is 15.1 Å². The molecule has 1 aliphatic rings. The van der Waals surface area contributed by atoms with Crippen LogP contribution in [0.3, 0.4) is 0 Å². The van der Waals surface area contributed by atoms with Crippen molar-refractivity contribution in [3.8, 4) is 0 Å². The van der Waals surface area contributed by atoms with E-state index in [1.807, 2.05) is 13.8 Å². The summed E-state index contributed by atoms with van der Waals surface area (Å²) in [6.45, 7) is 4.96. The molecule has 5 amide bonds. The van der Waals surface area contributed by atoms with Crippen molar-refractivity contribution in [2.45, 2.75) is 26.8 Å². The molecule has 9 heteroatoms. The molecule has 0 bridgehead atoms. The number of nitrogens with zero attached hydrogens (tertiary/aromatic N) is 2. The summed E-state index contributed by atoms with van der Waals surface area (Å²) in [5.41, 5.74) is 0.712. The van der Waals surface area contributed by atoms with Gasteiger partial charge in [0.2, 0.25) is 5.91 Å². The number of halogens is 2. The van der Waals surface area contributed by atoms with Gasteiger partial charge in [0, 0.05) is 6.54 Å². The highest BCUT2D eigenvalue weighted by molar-refractivity contribution is 6.45. The molecule has 1 fully saturated rings. The van der Waals surface area contributed by atoms with Gasteiger partial charge in [-0.15, -0.1) is 0 Å². The Morgan fingerprint density at radius 2 is 1.65 bits per heavy atom. The first kappa shape index (κ1) is 20.2. The molecule has 0 unspecified atom stereocenters. The number of hydrogen-bond acceptors (Lipinski definition) is 4. The van der Waals surface area contributed by atoms with Crippen LogP contribution < -0.4 is 5.32 Å². The summed E-state index contributed by atoms with van der Waals surface area (Å²) in [6.07, 6.45) is 0. The molecular weight excluding hydrogens is 381 g/mol. The molecule has 1 aromatic carbocycles. The number of nitrogens with one attached hydrogen (secondary N) is 1. The first-order chi connectivity index (χ1) is 12.1. The molecule has 1 N–H and O–H groups in total. The van der Waals surface area contributed by atoms with Crippen LogP contribution >= 0.6 is 23.2 Å². The van der Waals surface area contributed by atoms with Gasteiger partial charge in [-0.2, -0.15) is 0 Å². The van der Waals surface area contributed by atoms with Crippen molar-refractivity contribution in [3.63, 3.8) is 0 Å². The highest BCUT2D eigenvalue weighted by Gasteiger charge is 2.45. The number of urea groups is 1. The van der Waals surface area contributed by atoms with E-state index in [9.17, 15) is 19.2 Å². The molecule has 140 valence electrons. The van der Waals surface area contributed by atoms with Gasteiger partial charge in [-0.1, -0.05) is 43.1 Å². The summed E-state index contributed by atoms with van der Waals surface area (Å²) < 4.78 is 0. The van der Waals surface area contributed by atoms with E-state index in [1.54, 1.807) is 25.1 Å². The van der Waals surface area contributed by atoms with Crippen molar-refractivity contribution in [3.05, 3.63) is 33.8 Å². The van der Waals surface area contributed by atoms with Gasteiger partial charge in [-0.25, -0.2) is 9.69 Å². The standard InChI is InChI=1S/C17H19Cl2N3O4/c1-9(2)7-21-15(24)16(25)22(17(21)26)8-14(23)20-10(3)11-4-5-12(18)13(19)6-11/h4-6,9-10H,7-8H2,1-3H3,(H,20,23)/t10-/m0/s1. The molecule has 1 aliphatic heterocycles. The van der Waals surface area contributed by atoms with Crippen molar-refractivity contribution < 1.29 is 19.2 Å². The largest absolute Gasteiger partial charge is 0.348 e. The number of carbonyl (C=O) groups excluding carboxylic acids is 4. The Hall–Kier alpha value is -2.12. The fraction of sp³-hybridized carbons (Fsp3) is 0.412. The number of benzene rings is 1. The fourth-order valence-corrected chi connectivity index (χ4v) is 2.82. The zero-order valence-electron chi connectivity index (χ0n) is 14.6. The maximum Gasteiger partial charge on any atom is 0.334 e. The van der Waals surface area contributed by atoms with Crippen molar-refractivity contribution in [2.75, 3.05) is 13.1 Å². The molecular formula is C17H19Cl2N3O4. The lowest BCUT2D eigenvalue weighted by Gasteiger charge is -2.19. The Bertz CT molecular complexity index is 766. The van der Waals surface area contributed by atoms with Gasteiger partial charge in [0.1, 0.15) is 6.54 Å². The van der Waals surface area contributed by atoms with Crippen molar-refractivity contribution >= 4 is 47.0 Å². The highest BCUT2D eigenvalue weighted by atomic mass is 35.5. The third-order valence-electron chi connectivity index (χ3n) is 3.81. The predicted molar refractivity (Wildman–Crippen MR) is 96.7 cm³/mol. The third kappa shape index (κ3) is 4.34. The summed E-state index contributed by atoms with van der Waals surface area (Å²) in [4.78, 5) is 49.9. The van der Waals surface area contributed by atoms with Gasteiger partial charge in [0.05, 0.1) is 16.1 Å². The molecule has 1 aromatic rings. The van der Waals surface area contributed by atoms with Gasteiger partial charge < -0.3 is 5.32 Å². The second kappa shape index (κ2) is 8.05. The fourth-order valence-electron chi connectivity index (χ4n) is 2.51. The Morgan fingerprint density at radius 3 is 2.23 bits per heavy atom. The summed E-state index contributed by atoms with van der Waals surface area (Å²) in [7, 11) is 0. The van der Waals surface area contributed by atoms with Gasteiger partial charge in [0.25, 0.3) is 0 Å². The molecule has 1 saturated heterocycles. The molecule has 0 aliphatic carbocycles. The van der Waals surface area contributed by atoms with Crippen LogP contribution in [-0.4, -0.2) is 46.6 Å². The van der Waals surface area contributed by atoms with E-state index in [0.717, 1.165) is 4.90 Å². The molecule has 2 rings (SSSR count). The summed E-state index contributed by atoms with van der Waals surface area (Å²) in [5, 5.41) is 3.41. The lowest BCUT2D eigenvalue weighted by atomic mass is 10.1. The Kier molecular flexibility index (Phi) is 6.26. The van der Waals surface area contributed by atoms with E-state index in [2.05, 4.69) is 5.32 Å². The second-order valence-electron chi connectivity index (χ2n) is 6.45. The van der Waals surface area contributed by atoms with Crippen LogP contribution in [-0.2, 0) is 14.4 Å². The maximum absolute atomic E-state index is 12.2. The molecule has 1 heterocycles. The van der Waals surface area contributed by atoms with E-state index in [-0.39, 0.29) is 12.5 Å². The number of hydrogen-bond donors (Lipinski definition) is 1. The Morgan fingerprint density at radius 1 is 1.04 bits per heavy atom. The average molecular weight is 400 g/mol. The Labute approximate surface area is 161 Å². The molecule has 1 atom stereocenters. The third-order valence-corrected chi connectivity index (χ3v) is 4.54.